The monoisotopic (exact) mass is 262 g/mol. The van der Waals surface area contributed by atoms with E-state index < -0.39 is 5.79 Å². The summed E-state index contributed by atoms with van der Waals surface area (Å²) >= 11 is 0. The molecule has 3 heteroatoms. The Morgan fingerprint density at radius 2 is 1.84 bits per heavy atom. The van der Waals surface area contributed by atoms with Crippen LogP contribution in [-0.2, 0) is 15.9 Å². The van der Waals surface area contributed by atoms with Gasteiger partial charge in [0.2, 0.25) is 0 Å². The molecule has 0 spiro atoms. The Hall–Kier alpha value is -1.19. The third-order valence-corrected chi connectivity index (χ3v) is 3.94. The Morgan fingerprint density at radius 3 is 2.32 bits per heavy atom. The molecule has 19 heavy (non-hydrogen) atoms. The van der Waals surface area contributed by atoms with Gasteiger partial charge < -0.3 is 9.47 Å². The molecular formula is C16H22O3. The second-order valence-corrected chi connectivity index (χ2v) is 5.28. The van der Waals surface area contributed by atoms with Crippen LogP contribution in [0.4, 0.5) is 0 Å². The predicted octanol–water partition coefficient (Wildman–Crippen LogP) is 3.22. The van der Waals surface area contributed by atoms with Crippen LogP contribution >= 0.6 is 0 Å². The zero-order chi connectivity index (χ0) is 13.9. The molecule has 1 fully saturated rings. The summed E-state index contributed by atoms with van der Waals surface area (Å²) in [5, 5.41) is 0. The highest BCUT2D eigenvalue weighted by Gasteiger charge is 2.38. The molecule has 1 heterocycles. The van der Waals surface area contributed by atoms with Crippen LogP contribution in [0.3, 0.4) is 0 Å². The molecule has 1 aliphatic rings. The molecule has 1 saturated heterocycles. The molecule has 0 radical (unpaired) electrons. The molecule has 0 N–H and O–H groups in total. The summed E-state index contributed by atoms with van der Waals surface area (Å²) in [5.74, 6) is -0.0280. The fraction of sp³-hybridized carbons (Fsp3) is 0.562. The average molecular weight is 262 g/mol. The normalized spacial score (nSPS) is 19.3. The van der Waals surface area contributed by atoms with E-state index in [9.17, 15) is 4.79 Å². The zero-order valence-electron chi connectivity index (χ0n) is 11.9. The van der Waals surface area contributed by atoms with E-state index in [1.807, 2.05) is 31.2 Å². The van der Waals surface area contributed by atoms with Gasteiger partial charge in [-0.25, -0.2) is 0 Å². The van der Waals surface area contributed by atoms with Gasteiger partial charge in [0.05, 0.1) is 13.2 Å². The van der Waals surface area contributed by atoms with Crippen molar-refractivity contribution in [1.82, 2.24) is 0 Å². The number of carbonyl (C=O) groups excluding carboxylic acids is 1. The lowest BCUT2D eigenvalue weighted by Gasteiger charge is -2.31. The number of carbonyl (C=O) groups is 1. The quantitative estimate of drug-likeness (QED) is 0.764. The second-order valence-electron chi connectivity index (χ2n) is 5.28. The van der Waals surface area contributed by atoms with Crippen LogP contribution in [0.2, 0.25) is 0 Å². The maximum absolute atomic E-state index is 11.3. The van der Waals surface area contributed by atoms with Gasteiger partial charge in [0.25, 0.3) is 0 Å². The highest BCUT2D eigenvalue weighted by molar-refractivity contribution is 5.93. The van der Waals surface area contributed by atoms with E-state index in [1.165, 1.54) is 5.56 Å². The Balaban J connectivity index is 2.07. The van der Waals surface area contributed by atoms with E-state index in [2.05, 4.69) is 6.92 Å². The molecule has 1 aromatic rings. The van der Waals surface area contributed by atoms with E-state index in [1.54, 1.807) is 6.92 Å². The van der Waals surface area contributed by atoms with Crippen molar-refractivity contribution in [2.75, 3.05) is 13.2 Å². The fourth-order valence-corrected chi connectivity index (χ4v) is 2.63. The Kier molecular flexibility index (Phi) is 4.38. The molecule has 0 saturated carbocycles. The minimum Gasteiger partial charge on any atom is -0.348 e. The lowest BCUT2D eigenvalue weighted by atomic mass is 9.89. The van der Waals surface area contributed by atoms with E-state index in [0.717, 1.165) is 18.4 Å². The van der Waals surface area contributed by atoms with Gasteiger partial charge in [0.1, 0.15) is 0 Å². The van der Waals surface area contributed by atoms with Crippen molar-refractivity contribution in [1.29, 1.82) is 0 Å². The standard InChI is InChI=1S/C16H22O3/c1-4-15(16(3)18-9-10-19-16)11-13-5-7-14(8-6-13)12(2)17/h5-8,15H,4,9-11H2,1-3H3. The Morgan fingerprint density at radius 1 is 1.26 bits per heavy atom. The number of ketones is 1. The SMILES string of the molecule is CCC(Cc1ccc(C(C)=O)cc1)C1(C)OCCO1. The summed E-state index contributed by atoms with van der Waals surface area (Å²) < 4.78 is 11.5. The Labute approximate surface area is 114 Å². The van der Waals surface area contributed by atoms with Crippen molar-refractivity contribution < 1.29 is 14.3 Å². The first-order valence-electron chi connectivity index (χ1n) is 6.93. The van der Waals surface area contributed by atoms with E-state index in [4.69, 9.17) is 9.47 Å². The molecule has 2 rings (SSSR count). The second kappa shape index (κ2) is 5.85. The number of benzene rings is 1. The van der Waals surface area contributed by atoms with Gasteiger partial charge in [-0.3, -0.25) is 4.79 Å². The summed E-state index contributed by atoms with van der Waals surface area (Å²) in [6.07, 6.45) is 1.91. The van der Waals surface area contributed by atoms with Crippen LogP contribution in [0, 0.1) is 5.92 Å². The molecule has 1 unspecified atom stereocenters. The molecule has 0 aromatic heterocycles. The summed E-state index contributed by atoms with van der Waals surface area (Å²) in [6.45, 7) is 7.13. The van der Waals surface area contributed by atoms with Crippen LogP contribution < -0.4 is 0 Å². The average Bonchev–Trinajstić information content (AvgIpc) is 2.84. The maximum Gasteiger partial charge on any atom is 0.168 e. The summed E-state index contributed by atoms with van der Waals surface area (Å²) in [4.78, 5) is 11.3. The smallest absolute Gasteiger partial charge is 0.168 e. The van der Waals surface area contributed by atoms with Crippen LogP contribution in [0.1, 0.15) is 43.1 Å². The van der Waals surface area contributed by atoms with Crippen molar-refractivity contribution in [3.8, 4) is 0 Å². The van der Waals surface area contributed by atoms with Gasteiger partial charge in [-0.1, -0.05) is 31.2 Å². The van der Waals surface area contributed by atoms with Crippen LogP contribution in [-0.4, -0.2) is 24.8 Å². The first kappa shape index (κ1) is 14.2. The van der Waals surface area contributed by atoms with Gasteiger partial charge in [0.15, 0.2) is 11.6 Å². The minimum atomic E-state index is -0.464. The first-order chi connectivity index (χ1) is 9.05. The molecule has 1 aliphatic heterocycles. The lowest BCUT2D eigenvalue weighted by Crippen LogP contribution is -2.36. The minimum absolute atomic E-state index is 0.105. The number of hydrogen-bond donors (Lipinski definition) is 0. The highest BCUT2D eigenvalue weighted by atomic mass is 16.7. The van der Waals surface area contributed by atoms with Crippen molar-refractivity contribution in [2.24, 2.45) is 5.92 Å². The molecule has 0 bridgehead atoms. The van der Waals surface area contributed by atoms with Crippen molar-refractivity contribution >= 4 is 5.78 Å². The van der Waals surface area contributed by atoms with Crippen molar-refractivity contribution in [3.05, 3.63) is 35.4 Å². The van der Waals surface area contributed by atoms with E-state index in [0.29, 0.717) is 19.1 Å². The lowest BCUT2D eigenvalue weighted by molar-refractivity contribution is -0.181. The van der Waals surface area contributed by atoms with Gasteiger partial charge in [-0.2, -0.15) is 0 Å². The van der Waals surface area contributed by atoms with Gasteiger partial charge in [-0.05, 0) is 32.3 Å². The molecular weight excluding hydrogens is 240 g/mol. The van der Waals surface area contributed by atoms with Gasteiger partial charge >= 0.3 is 0 Å². The van der Waals surface area contributed by atoms with Gasteiger partial charge in [-0.15, -0.1) is 0 Å². The Bertz CT molecular complexity index is 430. The molecule has 1 atom stereocenters. The fourth-order valence-electron chi connectivity index (χ4n) is 2.63. The van der Waals surface area contributed by atoms with Crippen molar-refractivity contribution in [3.63, 3.8) is 0 Å². The number of ether oxygens (including phenoxy) is 2. The molecule has 0 amide bonds. The van der Waals surface area contributed by atoms with Crippen LogP contribution in [0.15, 0.2) is 24.3 Å². The maximum atomic E-state index is 11.3. The number of Topliss-reactive ketones (excluding diaryl/α,β-unsaturated/α-hetero) is 1. The topological polar surface area (TPSA) is 35.5 Å². The number of hydrogen-bond acceptors (Lipinski definition) is 3. The largest absolute Gasteiger partial charge is 0.348 e. The van der Waals surface area contributed by atoms with Crippen molar-refractivity contribution in [2.45, 2.75) is 39.4 Å². The van der Waals surface area contributed by atoms with Crippen LogP contribution in [0.5, 0.6) is 0 Å². The summed E-state index contributed by atoms with van der Waals surface area (Å²) in [5.41, 5.74) is 1.98. The third kappa shape index (κ3) is 3.23. The predicted molar refractivity (Wildman–Crippen MR) is 74.2 cm³/mol. The van der Waals surface area contributed by atoms with E-state index >= 15 is 0 Å². The summed E-state index contributed by atoms with van der Waals surface area (Å²) in [7, 11) is 0. The molecule has 3 nitrogen and oxygen atoms in total. The zero-order valence-corrected chi connectivity index (χ0v) is 11.9. The third-order valence-electron chi connectivity index (χ3n) is 3.94. The highest BCUT2D eigenvalue weighted by Crippen LogP contribution is 2.32. The van der Waals surface area contributed by atoms with Gasteiger partial charge in [0, 0.05) is 11.5 Å². The molecule has 0 aliphatic carbocycles. The van der Waals surface area contributed by atoms with Crippen LogP contribution in [0.25, 0.3) is 0 Å². The number of rotatable bonds is 5. The summed E-state index contributed by atoms with van der Waals surface area (Å²) in [6, 6.07) is 7.83. The molecule has 104 valence electrons. The van der Waals surface area contributed by atoms with E-state index in [-0.39, 0.29) is 5.78 Å². The first-order valence-corrected chi connectivity index (χ1v) is 6.93. The molecule has 1 aromatic carbocycles.